The molecule has 2 rings (SSSR count). The van der Waals surface area contributed by atoms with Crippen molar-refractivity contribution in [1.29, 1.82) is 0 Å². The minimum absolute atomic E-state index is 0.0436. The van der Waals surface area contributed by atoms with E-state index in [4.69, 9.17) is 5.11 Å². The summed E-state index contributed by atoms with van der Waals surface area (Å²) in [6.45, 7) is 5.19. The molecule has 124 valence electrons. The van der Waals surface area contributed by atoms with Crippen molar-refractivity contribution < 1.29 is 18.3 Å². The van der Waals surface area contributed by atoms with Crippen molar-refractivity contribution >= 4 is 21.7 Å². The predicted octanol–water partition coefficient (Wildman–Crippen LogP) is 2.00. The number of aromatic amines is 1. The monoisotopic (exact) mass is 337 g/mol. The van der Waals surface area contributed by atoms with Crippen LogP contribution >= 0.6 is 0 Å². The molecule has 0 saturated carbocycles. The number of H-pyrrole nitrogens is 1. The topological polar surface area (TPSA) is 103 Å². The molecule has 1 heterocycles. The molecule has 0 aliphatic carbocycles. The number of rotatable bonds is 6. The van der Waals surface area contributed by atoms with E-state index in [-0.39, 0.29) is 17.9 Å². The number of carboxylic acids is 1. The van der Waals surface area contributed by atoms with Crippen molar-refractivity contribution in [3.8, 4) is 0 Å². The van der Waals surface area contributed by atoms with Gasteiger partial charge < -0.3 is 5.11 Å². The molecule has 0 atom stereocenters. The molecular formula is C15H19N3O4S. The van der Waals surface area contributed by atoms with Gasteiger partial charge in [0.25, 0.3) is 10.0 Å². The van der Waals surface area contributed by atoms with Crippen molar-refractivity contribution in [2.75, 3.05) is 10.8 Å². The van der Waals surface area contributed by atoms with E-state index in [0.29, 0.717) is 11.4 Å². The molecule has 1 aromatic heterocycles. The van der Waals surface area contributed by atoms with Crippen LogP contribution in [0.25, 0.3) is 0 Å². The summed E-state index contributed by atoms with van der Waals surface area (Å²) in [5.41, 5.74) is 2.66. The summed E-state index contributed by atoms with van der Waals surface area (Å²) in [5.74, 6) is -1.06. The van der Waals surface area contributed by atoms with Gasteiger partial charge in [-0.1, -0.05) is 6.07 Å². The van der Waals surface area contributed by atoms with Crippen LogP contribution in [0, 0.1) is 20.8 Å². The third-order valence-corrected chi connectivity index (χ3v) is 5.32. The van der Waals surface area contributed by atoms with E-state index < -0.39 is 16.0 Å². The molecule has 23 heavy (non-hydrogen) atoms. The van der Waals surface area contributed by atoms with E-state index in [1.54, 1.807) is 19.1 Å². The molecule has 0 saturated heterocycles. The number of nitrogens with zero attached hydrogens (tertiary/aromatic N) is 2. The molecule has 0 spiro atoms. The highest BCUT2D eigenvalue weighted by Gasteiger charge is 2.28. The van der Waals surface area contributed by atoms with Crippen molar-refractivity contribution in [1.82, 2.24) is 10.2 Å². The van der Waals surface area contributed by atoms with Gasteiger partial charge in [0, 0.05) is 6.54 Å². The molecule has 0 aliphatic heterocycles. The molecule has 2 aromatic rings. The number of anilines is 1. The molecule has 2 N–H and O–H groups in total. The molecule has 8 heteroatoms. The molecule has 0 amide bonds. The van der Waals surface area contributed by atoms with Crippen LogP contribution in [0.1, 0.15) is 23.2 Å². The average molecular weight is 337 g/mol. The van der Waals surface area contributed by atoms with Gasteiger partial charge in [0.1, 0.15) is 4.90 Å². The summed E-state index contributed by atoms with van der Waals surface area (Å²) in [4.78, 5) is 11.0. The average Bonchev–Trinajstić information content (AvgIpc) is 2.84. The Labute approximate surface area is 135 Å². The second-order valence-electron chi connectivity index (χ2n) is 5.43. The van der Waals surface area contributed by atoms with Gasteiger partial charge >= 0.3 is 5.97 Å². The SMILES string of the molecule is Cc1cc(C)cc(N(CCC(=O)O)S(=O)(=O)c2cn[nH]c2C)c1. The fourth-order valence-electron chi connectivity index (χ4n) is 2.40. The van der Waals surface area contributed by atoms with E-state index in [1.165, 1.54) is 6.20 Å². The highest BCUT2D eigenvalue weighted by molar-refractivity contribution is 7.92. The molecular weight excluding hydrogens is 318 g/mol. The van der Waals surface area contributed by atoms with Gasteiger partial charge in [-0.3, -0.25) is 14.2 Å². The first-order valence-corrected chi connectivity index (χ1v) is 8.48. The zero-order valence-corrected chi connectivity index (χ0v) is 14.0. The van der Waals surface area contributed by atoms with Gasteiger partial charge in [0.2, 0.25) is 0 Å². The Morgan fingerprint density at radius 2 is 1.83 bits per heavy atom. The summed E-state index contributed by atoms with van der Waals surface area (Å²) in [5, 5.41) is 15.3. The maximum atomic E-state index is 12.9. The molecule has 0 unspecified atom stereocenters. The quantitative estimate of drug-likeness (QED) is 0.839. The van der Waals surface area contributed by atoms with Crippen molar-refractivity contribution in [3.05, 3.63) is 41.2 Å². The lowest BCUT2D eigenvalue weighted by Gasteiger charge is -2.24. The van der Waals surface area contributed by atoms with Gasteiger partial charge in [-0.2, -0.15) is 5.10 Å². The third kappa shape index (κ3) is 3.70. The number of hydrogen-bond donors (Lipinski definition) is 2. The van der Waals surface area contributed by atoms with E-state index in [1.807, 2.05) is 19.9 Å². The van der Waals surface area contributed by atoms with Crippen molar-refractivity contribution in [2.24, 2.45) is 0 Å². The van der Waals surface area contributed by atoms with Crippen LogP contribution < -0.4 is 4.31 Å². The second kappa shape index (κ2) is 6.41. The smallest absolute Gasteiger partial charge is 0.305 e. The summed E-state index contributed by atoms with van der Waals surface area (Å²) in [6.07, 6.45) is 0.949. The maximum Gasteiger partial charge on any atom is 0.305 e. The Hall–Kier alpha value is -2.35. The number of sulfonamides is 1. The Morgan fingerprint density at radius 3 is 2.30 bits per heavy atom. The van der Waals surface area contributed by atoms with E-state index in [2.05, 4.69) is 10.2 Å². The van der Waals surface area contributed by atoms with E-state index in [9.17, 15) is 13.2 Å². The van der Waals surface area contributed by atoms with Crippen molar-refractivity contribution in [2.45, 2.75) is 32.1 Å². The van der Waals surface area contributed by atoms with Crippen LogP contribution in [0.15, 0.2) is 29.3 Å². The normalized spacial score (nSPS) is 11.4. The van der Waals surface area contributed by atoms with E-state index in [0.717, 1.165) is 15.4 Å². The minimum Gasteiger partial charge on any atom is -0.481 e. The van der Waals surface area contributed by atoms with Crippen LogP contribution in [-0.4, -0.2) is 36.2 Å². The van der Waals surface area contributed by atoms with Crippen LogP contribution in [0.3, 0.4) is 0 Å². The van der Waals surface area contributed by atoms with Crippen LogP contribution in [0.2, 0.25) is 0 Å². The zero-order valence-electron chi connectivity index (χ0n) is 13.2. The van der Waals surface area contributed by atoms with Crippen molar-refractivity contribution in [3.63, 3.8) is 0 Å². The number of hydrogen-bond acceptors (Lipinski definition) is 4. The number of nitrogens with one attached hydrogen (secondary N) is 1. The summed E-state index contributed by atoms with van der Waals surface area (Å²) >= 11 is 0. The van der Waals surface area contributed by atoms with Gasteiger partial charge in [0.05, 0.1) is 24.0 Å². The zero-order chi connectivity index (χ0) is 17.2. The maximum absolute atomic E-state index is 12.9. The second-order valence-corrected chi connectivity index (χ2v) is 7.26. The number of aromatic nitrogens is 2. The lowest BCUT2D eigenvalue weighted by Crippen LogP contribution is -2.33. The molecule has 0 bridgehead atoms. The van der Waals surface area contributed by atoms with Gasteiger partial charge in [-0.05, 0) is 44.0 Å². The highest BCUT2D eigenvalue weighted by atomic mass is 32.2. The van der Waals surface area contributed by atoms with Crippen LogP contribution in [0.4, 0.5) is 5.69 Å². The minimum atomic E-state index is -3.89. The van der Waals surface area contributed by atoms with Gasteiger partial charge in [0.15, 0.2) is 0 Å². The lowest BCUT2D eigenvalue weighted by molar-refractivity contribution is -0.136. The fraction of sp³-hybridized carbons (Fsp3) is 0.333. The van der Waals surface area contributed by atoms with Crippen LogP contribution in [-0.2, 0) is 14.8 Å². The number of carboxylic acid groups (broad SMARTS) is 1. The highest BCUT2D eigenvalue weighted by Crippen LogP contribution is 2.27. The largest absolute Gasteiger partial charge is 0.481 e. The molecule has 7 nitrogen and oxygen atoms in total. The number of carbonyl (C=O) groups is 1. The van der Waals surface area contributed by atoms with Gasteiger partial charge in [-0.15, -0.1) is 0 Å². The predicted molar refractivity (Wildman–Crippen MR) is 86.0 cm³/mol. The summed E-state index contributed by atoms with van der Waals surface area (Å²) in [7, 11) is -3.89. The van der Waals surface area contributed by atoms with Gasteiger partial charge in [-0.25, -0.2) is 8.42 Å². The number of aliphatic carboxylic acids is 1. The Bertz CT molecular complexity index is 807. The standard InChI is InChI=1S/C15H19N3O4S/c1-10-6-11(2)8-13(7-10)18(5-4-15(19)20)23(21,22)14-9-16-17-12(14)3/h6-9H,4-5H2,1-3H3,(H,16,17)(H,19,20). The van der Waals surface area contributed by atoms with Crippen LogP contribution in [0.5, 0.6) is 0 Å². The lowest BCUT2D eigenvalue weighted by atomic mass is 10.1. The third-order valence-electron chi connectivity index (χ3n) is 3.37. The molecule has 0 fully saturated rings. The molecule has 0 aliphatic rings. The molecule has 1 aromatic carbocycles. The Balaban J connectivity index is 2.54. The Morgan fingerprint density at radius 1 is 1.22 bits per heavy atom. The number of aryl methyl sites for hydroxylation is 3. The Kier molecular flexibility index (Phi) is 4.74. The first-order valence-electron chi connectivity index (χ1n) is 7.04. The molecule has 0 radical (unpaired) electrons. The first kappa shape index (κ1) is 17.0. The van der Waals surface area contributed by atoms with E-state index >= 15 is 0 Å². The summed E-state index contributed by atoms with van der Waals surface area (Å²) < 4.78 is 27.0. The summed E-state index contributed by atoms with van der Waals surface area (Å²) in [6, 6.07) is 5.37. The number of benzene rings is 1. The fourth-order valence-corrected chi connectivity index (χ4v) is 3.97. The first-order chi connectivity index (χ1) is 10.7.